The molecule has 0 amide bonds. The van der Waals surface area contributed by atoms with Crippen molar-refractivity contribution in [1.82, 2.24) is 9.97 Å². The van der Waals surface area contributed by atoms with Gasteiger partial charge in [0.2, 0.25) is 16.9 Å². The predicted octanol–water partition coefficient (Wildman–Crippen LogP) is 4.30. The molecule has 0 saturated heterocycles. The fourth-order valence-corrected chi connectivity index (χ4v) is 2.09. The minimum Gasteiger partial charge on any atom is -0.442 e. The molecule has 0 aliphatic rings. The van der Waals surface area contributed by atoms with E-state index in [4.69, 9.17) is 26.0 Å². The van der Waals surface area contributed by atoms with Crippen molar-refractivity contribution in [1.29, 1.82) is 5.26 Å². The fourth-order valence-electron chi connectivity index (χ4n) is 1.70. The number of fused-ring (bicyclic) bond motifs is 1. The van der Waals surface area contributed by atoms with Gasteiger partial charge in [-0.25, -0.2) is 4.98 Å². The van der Waals surface area contributed by atoms with Crippen LogP contribution in [0.1, 0.15) is 5.76 Å². The lowest BCUT2D eigenvalue weighted by atomic mass is 10.2. The summed E-state index contributed by atoms with van der Waals surface area (Å²) in [5.74, 6) is 0.597. The Morgan fingerprint density at radius 2 is 2.15 bits per heavy atom. The molecular weight excluding hydrogens is 346 g/mol. The fraction of sp³-hybridized carbons (Fsp3) is 0. The highest BCUT2D eigenvalue weighted by molar-refractivity contribution is 9.10. The molecule has 20 heavy (non-hydrogen) atoms. The quantitative estimate of drug-likeness (QED) is 0.644. The molecule has 0 fully saturated rings. The van der Waals surface area contributed by atoms with Crippen molar-refractivity contribution in [3.8, 4) is 17.7 Å². The monoisotopic (exact) mass is 349 g/mol. The topological polar surface area (TPSA) is 71.9 Å². The SMILES string of the molecule is N#Cc1oc2ccccc2c1Oc1nc(Cl)ncc1Br. The number of benzene rings is 1. The molecule has 2 heterocycles. The maximum absolute atomic E-state index is 9.13. The Kier molecular flexibility index (Phi) is 3.30. The summed E-state index contributed by atoms with van der Waals surface area (Å²) in [6.07, 6.45) is 1.47. The second-order valence-electron chi connectivity index (χ2n) is 3.76. The van der Waals surface area contributed by atoms with Crippen molar-refractivity contribution < 1.29 is 9.15 Å². The lowest BCUT2D eigenvalue weighted by Gasteiger charge is -2.04. The summed E-state index contributed by atoms with van der Waals surface area (Å²) < 4.78 is 11.6. The van der Waals surface area contributed by atoms with Crippen LogP contribution in [0.15, 0.2) is 39.4 Å². The van der Waals surface area contributed by atoms with Gasteiger partial charge in [0.15, 0.2) is 5.75 Å². The van der Waals surface area contributed by atoms with Gasteiger partial charge in [-0.2, -0.15) is 10.2 Å². The van der Waals surface area contributed by atoms with Gasteiger partial charge in [-0.1, -0.05) is 12.1 Å². The minimum atomic E-state index is 0.0505. The van der Waals surface area contributed by atoms with E-state index in [0.29, 0.717) is 21.2 Å². The zero-order chi connectivity index (χ0) is 14.1. The summed E-state index contributed by atoms with van der Waals surface area (Å²) in [5, 5.41) is 9.86. The predicted molar refractivity (Wildman–Crippen MR) is 75.7 cm³/mol. The van der Waals surface area contributed by atoms with E-state index in [1.165, 1.54) is 6.20 Å². The molecule has 2 aromatic heterocycles. The van der Waals surface area contributed by atoms with Crippen LogP contribution in [-0.2, 0) is 0 Å². The molecule has 0 spiro atoms. The van der Waals surface area contributed by atoms with Crippen LogP contribution in [-0.4, -0.2) is 9.97 Å². The number of rotatable bonds is 2. The third-order valence-corrected chi connectivity index (χ3v) is 3.26. The van der Waals surface area contributed by atoms with E-state index in [1.54, 1.807) is 12.1 Å². The third-order valence-electron chi connectivity index (χ3n) is 2.53. The van der Waals surface area contributed by atoms with Crippen molar-refractivity contribution in [3.05, 3.63) is 46.0 Å². The Labute approximate surface area is 126 Å². The molecule has 3 aromatic rings. The van der Waals surface area contributed by atoms with Crippen molar-refractivity contribution in [3.63, 3.8) is 0 Å². The van der Waals surface area contributed by atoms with Gasteiger partial charge in [0.05, 0.1) is 9.86 Å². The third kappa shape index (κ3) is 2.22. The summed E-state index contributed by atoms with van der Waals surface area (Å²) in [4.78, 5) is 7.78. The molecule has 0 bridgehead atoms. The van der Waals surface area contributed by atoms with Gasteiger partial charge in [0.25, 0.3) is 0 Å². The lowest BCUT2D eigenvalue weighted by Crippen LogP contribution is -1.92. The van der Waals surface area contributed by atoms with Gasteiger partial charge in [0.1, 0.15) is 11.7 Å². The first-order valence-electron chi connectivity index (χ1n) is 5.46. The number of hydrogen-bond donors (Lipinski definition) is 0. The Bertz CT molecular complexity index is 841. The first kappa shape index (κ1) is 12.9. The number of halogens is 2. The number of ether oxygens (including phenoxy) is 1. The largest absolute Gasteiger partial charge is 0.442 e. The van der Waals surface area contributed by atoms with E-state index in [1.807, 2.05) is 18.2 Å². The van der Waals surface area contributed by atoms with Crippen LogP contribution in [0.2, 0.25) is 5.28 Å². The maximum atomic E-state index is 9.13. The van der Waals surface area contributed by atoms with Crippen molar-refractivity contribution in [2.75, 3.05) is 0 Å². The average Bonchev–Trinajstić information content (AvgIpc) is 2.81. The first-order chi connectivity index (χ1) is 9.69. The van der Waals surface area contributed by atoms with E-state index in [-0.39, 0.29) is 16.9 Å². The normalized spacial score (nSPS) is 10.4. The van der Waals surface area contributed by atoms with Gasteiger partial charge in [-0.3, -0.25) is 0 Å². The summed E-state index contributed by atoms with van der Waals surface area (Å²) in [6, 6.07) is 9.15. The number of nitriles is 1. The molecule has 0 saturated carbocycles. The molecule has 0 unspecified atom stereocenters. The number of hydrogen-bond acceptors (Lipinski definition) is 5. The van der Waals surface area contributed by atoms with E-state index in [0.717, 1.165) is 0 Å². The number of furan rings is 1. The second kappa shape index (κ2) is 5.12. The van der Waals surface area contributed by atoms with Crippen molar-refractivity contribution >= 4 is 38.5 Å². The molecule has 5 nitrogen and oxygen atoms in total. The molecule has 7 heteroatoms. The van der Waals surface area contributed by atoms with Crippen LogP contribution in [0.5, 0.6) is 11.6 Å². The Hall–Kier alpha value is -2.10. The van der Waals surface area contributed by atoms with Gasteiger partial charge < -0.3 is 9.15 Å². The van der Waals surface area contributed by atoms with Gasteiger partial charge >= 0.3 is 0 Å². The highest BCUT2D eigenvalue weighted by atomic mass is 79.9. The van der Waals surface area contributed by atoms with Gasteiger partial charge in [0, 0.05) is 6.20 Å². The number of nitrogens with zero attached hydrogens (tertiary/aromatic N) is 3. The van der Waals surface area contributed by atoms with E-state index in [2.05, 4.69) is 25.9 Å². The molecule has 0 N–H and O–H groups in total. The Morgan fingerprint density at radius 3 is 2.95 bits per heavy atom. The van der Waals surface area contributed by atoms with Crippen molar-refractivity contribution in [2.45, 2.75) is 0 Å². The van der Waals surface area contributed by atoms with Crippen LogP contribution in [0, 0.1) is 11.3 Å². The summed E-state index contributed by atoms with van der Waals surface area (Å²) >= 11 is 9.00. The molecule has 98 valence electrons. The Balaban J connectivity index is 2.15. The lowest BCUT2D eigenvalue weighted by molar-refractivity contribution is 0.446. The first-order valence-corrected chi connectivity index (χ1v) is 6.63. The van der Waals surface area contributed by atoms with E-state index >= 15 is 0 Å². The average molecular weight is 351 g/mol. The van der Waals surface area contributed by atoms with Crippen LogP contribution < -0.4 is 4.74 Å². The molecule has 1 aromatic carbocycles. The molecule has 0 radical (unpaired) electrons. The molecular formula is C13H5BrClN3O2. The molecule has 3 rings (SSSR count). The van der Waals surface area contributed by atoms with Crippen molar-refractivity contribution in [2.24, 2.45) is 0 Å². The number of aromatic nitrogens is 2. The summed E-state index contributed by atoms with van der Waals surface area (Å²) in [7, 11) is 0. The molecule has 0 aliphatic carbocycles. The van der Waals surface area contributed by atoms with Gasteiger partial charge in [-0.15, -0.1) is 0 Å². The van der Waals surface area contributed by atoms with Crippen LogP contribution in [0.4, 0.5) is 0 Å². The molecule has 0 aliphatic heterocycles. The summed E-state index contributed by atoms with van der Waals surface area (Å²) in [6.45, 7) is 0. The van der Waals surface area contributed by atoms with E-state index < -0.39 is 0 Å². The zero-order valence-corrected chi connectivity index (χ0v) is 12.1. The minimum absolute atomic E-state index is 0.0505. The highest BCUT2D eigenvalue weighted by Gasteiger charge is 2.18. The highest BCUT2D eigenvalue weighted by Crippen LogP contribution is 2.37. The molecule has 0 atom stereocenters. The smallest absolute Gasteiger partial charge is 0.247 e. The second-order valence-corrected chi connectivity index (χ2v) is 4.95. The zero-order valence-electron chi connectivity index (χ0n) is 9.80. The summed E-state index contributed by atoms with van der Waals surface area (Å²) in [5.41, 5.74) is 0.565. The Morgan fingerprint density at radius 1 is 1.35 bits per heavy atom. The van der Waals surface area contributed by atoms with Crippen LogP contribution >= 0.6 is 27.5 Å². The number of para-hydroxylation sites is 1. The van der Waals surface area contributed by atoms with Gasteiger partial charge in [-0.05, 0) is 39.7 Å². The van der Waals surface area contributed by atoms with Crippen LogP contribution in [0.3, 0.4) is 0 Å². The maximum Gasteiger partial charge on any atom is 0.247 e. The standard InChI is InChI=1S/C13H5BrClN3O2/c14-8-6-17-13(15)18-12(8)20-11-7-3-1-2-4-9(7)19-10(11)5-16/h1-4,6H. The van der Waals surface area contributed by atoms with Crippen LogP contribution in [0.25, 0.3) is 11.0 Å². The van der Waals surface area contributed by atoms with E-state index in [9.17, 15) is 0 Å².